The summed E-state index contributed by atoms with van der Waals surface area (Å²) in [6, 6.07) is 0. The fourth-order valence-corrected chi connectivity index (χ4v) is 1.53. The van der Waals surface area contributed by atoms with Crippen LogP contribution in [0.25, 0.3) is 0 Å². The van der Waals surface area contributed by atoms with Gasteiger partial charge in [-0.15, -0.1) is 5.10 Å². The molecule has 0 saturated carbocycles. The predicted octanol–water partition coefficient (Wildman–Crippen LogP) is 1.53. The van der Waals surface area contributed by atoms with E-state index in [-0.39, 0.29) is 0 Å². The molecule has 0 aromatic carbocycles. The standard InChI is InChI=1S/C11H16N6/c1-5-9-10(6-17(4)16-9)13-11-12-7(2)8(3)14-15-11/h6H,5H2,1-4H3,(H,12,13,15). The number of anilines is 2. The van der Waals surface area contributed by atoms with Crippen LogP contribution in [-0.2, 0) is 13.5 Å². The second-order valence-electron chi connectivity index (χ2n) is 3.95. The van der Waals surface area contributed by atoms with Crippen LogP contribution in [0.4, 0.5) is 11.6 Å². The summed E-state index contributed by atoms with van der Waals surface area (Å²) in [7, 11) is 1.89. The zero-order valence-electron chi connectivity index (χ0n) is 10.5. The fraction of sp³-hybridized carbons (Fsp3) is 0.455. The zero-order chi connectivity index (χ0) is 12.4. The molecule has 0 saturated heterocycles. The molecule has 2 heterocycles. The summed E-state index contributed by atoms with van der Waals surface area (Å²) in [6.45, 7) is 5.87. The maximum absolute atomic E-state index is 4.34. The minimum Gasteiger partial charge on any atom is -0.320 e. The van der Waals surface area contributed by atoms with Gasteiger partial charge >= 0.3 is 0 Å². The molecular weight excluding hydrogens is 216 g/mol. The lowest BCUT2D eigenvalue weighted by atomic mass is 10.3. The maximum atomic E-state index is 4.34. The van der Waals surface area contributed by atoms with E-state index in [0.717, 1.165) is 29.2 Å². The minimum absolute atomic E-state index is 0.510. The van der Waals surface area contributed by atoms with Gasteiger partial charge in [0.25, 0.3) is 0 Å². The van der Waals surface area contributed by atoms with Crippen molar-refractivity contribution in [1.82, 2.24) is 25.0 Å². The smallest absolute Gasteiger partial charge is 0.247 e. The molecule has 0 fully saturated rings. The summed E-state index contributed by atoms with van der Waals surface area (Å²) in [6.07, 6.45) is 2.78. The van der Waals surface area contributed by atoms with Gasteiger partial charge in [0.05, 0.1) is 22.8 Å². The SMILES string of the molecule is CCc1nn(C)cc1Nc1nnc(C)c(C)n1. The number of nitrogens with zero attached hydrogens (tertiary/aromatic N) is 5. The molecule has 2 aromatic heterocycles. The average molecular weight is 232 g/mol. The Hall–Kier alpha value is -1.98. The number of nitrogens with one attached hydrogen (secondary N) is 1. The monoisotopic (exact) mass is 232 g/mol. The molecule has 6 heteroatoms. The Morgan fingerprint density at radius 1 is 1.24 bits per heavy atom. The van der Waals surface area contributed by atoms with Crippen LogP contribution in [-0.4, -0.2) is 25.0 Å². The lowest BCUT2D eigenvalue weighted by Gasteiger charge is -2.04. The molecule has 0 aliphatic carbocycles. The Bertz CT molecular complexity index is 531. The van der Waals surface area contributed by atoms with E-state index in [9.17, 15) is 0 Å². The van der Waals surface area contributed by atoms with Crippen molar-refractivity contribution in [3.63, 3.8) is 0 Å². The van der Waals surface area contributed by atoms with Crippen LogP contribution in [0.2, 0.25) is 0 Å². The first-order valence-corrected chi connectivity index (χ1v) is 5.57. The van der Waals surface area contributed by atoms with Crippen molar-refractivity contribution in [2.24, 2.45) is 7.05 Å². The summed E-state index contributed by atoms with van der Waals surface area (Å²) in [5, 5.41) is 15.5. The van der Waals surface area contributed by atoms with Gasteiger partial charge < -0.3 is 5.32 Å². The van der Waals surface area contributed by atoms with Crippen LogP contribution in [0.5, 0.6) is 0 Å². The Morgan fingerprint density at radius 2 is 2.00 bits per heavy atom. The van der Waals surface area contributed by atoms with Gasteiger partial charge in [0.1, 0.15) is 0 Å². The van der Waals surface area contributed by atoms with Crippen molar-refractivity contribution in [1.29, 1.82) is 0 Å². The molecule has 0 aliphatic heterocycles. The fourth-order valence-electron chi connectivity index (χ4n) is 1.53. The summed E-state index contributed by atoms with van der Waals surface area (Å²) in [5.74, 6) is 0.510. The molecule has 6 nitrogen and oxygen atoms in total. The van der Waals surface area contributed by atoms with Crippen molar-refractivity contribution in [2.45, 2.75) is 27.2 Å². The number of aromatic nitrogens is 5. The third kappa shape index (κ3) is 2.41. The van der Waals surface area contributed by atoms with Gasteiger partial charge in [0, 0.05) is 13.2 Å². The van der Waals surface area contributed by atoms with Crippen molar-refractivity contribution in [3.05, 3.63) is 23.3 Å². The lowest BCUT2D eigenvalue weighted by molar-refractivity contribution is 0.746. The van der Waals surface area contributed by atoms with Gasteiger partial charge in [0.2, 0.25) is 5.95 Å². The Morgan fingerprint density at radius 3 is 2.65 bits per heavy atom. The van der Waals surface area contributed by atoms with E-state index in [1.165, 1.54) is 0 Å². The second kappa shape index (κ2) is 4.48. The van der Waals surface area contributed by atoms with Gasteiger partial charge in [-0.25, -0.2) is 4.98 Å². The molecule has 90 valence electrons. The van der Waals surface area contributed by atoms with Crippen LogP contribution in [0.15, 0.2) is 6.20 Å². The number of aryl methyl sites for hydroxylation is 4. The predicted molar refractivity (Wildman–Crippen MR) is 65.2 cm³/mol. The van der Waals surface area contributed by atoms with Crippen molar-refractivity contribution >= 4 is 11.6 Å². The molecule has 2 aromatic rings. The van der Waals surface area contributed by atoms with Crippen LogP contribution in [0.1, 0.15) is 24.0 Å². The number of hydrogen-bond donors (Lipinski definition) is 1. The third-order valence-electron chi connectivity index (χ3n) is 2.58. The molecule has 2 rings (SSSR count). The number of rotatable bonds is 3. The maximum Gasteiger partial charge on any atom is 0.247 e. The molecule has 0 atom stereocenters. The van der Waals surface area contributed by atoms with Crippen LogP contribution < -0.4 is 5.32 Å². The van der Waals surface area contributed by atoms with Gasteiger partial charge in [-0.2, -0.15) is 10.2 Å². The highest BCUT2D eigenvalue weighted by molar-refractivity contribution is 5.55. The van der Waals surface area contributed by atoms with Crippen LogP contribution in [0, 0.1) is 13.8 Å². The van der Waals surface area contributed by atoms with Crippen LogP contribution >= 0.6 is 0 Å². The highest BCUT2D eigenvalue weighted by Gasteiger charge is 2.08. The lowest BCUT2D eigenvalue weighted by Crippen LogP contribution is -2.03. The van der Waals surface area contributed by atoms with Gasteiger partial charge in [-0.05, 0) is 20.3 Å². The molecule has 0 unspecified atom stereocenters. The van der Waals surface area contributed by atoms with E-state index in [2.05, 4.69) is 32.5 Å². The molecule has 0 spiro atoms. The highest BCUT2D eigenvalue weighted by Crippen LogP contribution is 2.17. The normalized spacial score (nSPS) is 10.6. The first-order valence-electron chi connectivity index (χ1n) is 5.57. The van der Waals surface area contributed by atoms with E-state index in [1.807, 2.05) is 27.1 Å². The second-order valence-corrected chi connectivity index (χ2v) is 3.95. The average Bonchev–Trinajstić information content (AvgIpc) is 2.64. The zero-order valence-corrected chi connectivity index (χ0v) is 10.5. The van der Waals surface area contributed by atoms with Gasteiger partial charge in [0.15, 0.2) is 0 Å². The first-order chi connectivity index (χ1) is 8.10. The third-order valence-corrected chi connectivity index (χ3v) is 2.58. The molecule has 0 amide bonds. The summed E-state index contributed by atoms with van der Waals surface area (Å²) in [5.41, 5.74) is 3.65. The Kier molecular flexibility index (Phi) is 3.03. The summed E-state index contributed by atoms with van der Waals surface area (Å²) >= 11 is 0. The molecule has 1 N–H and O–H groups in total. The number of hydrogen-bond acceptors (Lipinski definition) is 5. The Balaban J connectivity index is 2.27. The van der Waals surface area contributed by atoms with Crippen molar-refractivity contribution in [3.8, 4) is 0 Å². The van der Waals surface area contributed by atoms with Gasteiger partial charge in [-0.1, -0.05) is 6.92 Å². The highest BCUT2D eigenvalue weighted by atomic mass is 15.3. The first kappa shape index (κ1) is 11.5. The quantitative estimate of drug-likeness (QED) is 0.869. The van der Waals surface area contributed by atoms with E-state index < -0.39 is 0 Å². The Labute approximate surface area is 100 Å². The van der Waals surface area contributed by atoms with E-state index in [1.54, 1.807) is 4.68 Å². The largest absolute Gasteiger partial charge is 0.320 e. The summed E-state index contributed by atoms with van der Waals surface area (Å²) in [4.78, 5) is 4.33. The molecule has 0 radical (unpaired) electrons. The van der Waals surface area contributed by atoms with E-state index >= 15 is 0 Å². The molecule has 0 aliphatic rings. The molecule has 0 bridgehead atoms. The van der Waals surface area contributed by atoms with Crippen molar-refractivity contribution < 1.29 is 0 Å². The van der Waals surface area contributed by atoms with E-state index in [4.69, 9.17) is 0 Å². The molecular formula is C11H16N6. The summed E-state index contributed by atoms with van der Waals surface area (Å²) < 4.78 is 1.77. The van der Waals surface area contributed by atoms with Gasteiger partial charge in [-0.3, -0.25) is 4.68 Å². The molecule has 17 heavy (non-hydrogen) atoms. The van der Waals surface area contributed by atoms with Crippen molar-refractivity contribution in [2.75, 3.05) is 5.32 Å². The van der Waals surface area contributed by atoms with Crippen LogP contribution in [0.3, 0.4) is 0 Å². The minimum atomic E-state index is 0.510. The topological polar surface area (TPSA) is 68.5 Å². The van der Waals surface area contributed by atoms with E-state index in [0.29, 0.717) is 5.95 Å².